The van der Waals surface area contributed by atoms with Gasteiger partial charge in [0.2, 0.25) is 0 Å². The van der Waals surface area contributed by atoms with Crippen LogP contribution in [0.5, 0.6) is 0 Å². The number of rotatable bonds is 12. The number of hydrogen-bond acceptors (Lipinski definition) is 8. The standard InChI is InChI=1S/C17H25N5O5/c1-3-26-12-15(23)13(2)9-17(5-4-6-20-17)27-14(10-18)11-21-8-7-19-16(21)22(24)25/h4-8,13-14H,3,9-12,18H2,1-2H3. The molecule has 1 aromatic heterocycles. The van der Waals surface area contributed by atoms with Crippen molar-refractivity contribution in [2.75, 3.05) is 19.8 Å². The van der Waals surface area contributed by atoms with E-state index in [9.17, 15) is 14.9 Å². The summed E-state index contributed by atoms with van der Waals surface area (Å²) in [6, 6.07) is 0. The summed E-state index contributed by atoms with van der Waals surface area (Å²) in [7, 11) is 0. The molecule has 0 amide bonds. The zero-order valence-electron chi connectivity index (χ0n) is 15.5. The first-order valence-electron chi connectivity index (χ1n) is 8.77. The van der Waals surface area contributed by atoms with Crippen LogP contribution in [0.1, 0.15) is 20.3 Å². The van der Waals surface area contributed by atoms with Crippen LogP contribution in [0.4, 0.5) is 5.95 Å². The number of hydrogen-bond donors (Lipinski definition) is 1. The Hall–Kier alpha value is -2.43. The SMILES string of the molecule is CCOCC(=O)C(C)CC1(OC(CN)Cn2ccnc2[N+](=O)[O-])C=CC=N1. The lowest BCUT2D eigenvalue weighted by atomic mass is 9.95. The van der Waals surface area contributed by atoms with Crippen LogP contribution < -0.4 is 5.73 Å². The predicted octanol–water partition coefficient (Wildman–Crippen LogP) is 1.10. The molecule has 148 valence electrons. The fraction of sp³-hybridized carbons (Fsp3) is 0.588. The summed E-state index contributed by atoms with van der Waals surface area (Å²) < 4.78 is 12.7. The number of Topliss-reactive ketones (excluding diaryl/α,β-unsaturated/α-hetero) is 1. The number of nitro groups is 1. The van der Waals surface area contributed by atoms with Crippen molar-refractivity contribution < 1.29 is 19.2 Å². The van der Waals surface area contributed by atoms with Gasteiger partial charge in [-0.25, -0.2) is 4.57 Å². The van der Waals surface area contributed by atoms with Gasteiger partial charge in [-0.15, -0.1) is 0 Å². The van der Waals surface area contributed by atoms with Gasteiger partial charge in [0.15, 0.2) is 11.5 Å². The van der Waals surface area contributed by atoms with Crippen molar-refractivity contribution in [3.63, 3.8) is 0 Å². The quantitative estimate of drug-likeness (QED) is 0.424. The molecule has 0 fully saturated rings. The van der Waals surface area contributed by atoms with Crippen LogP contribution in [0.15, 0.2) is 29.5 Å². The second kappa shape index (κ2) is 9.49. The largest absolute Gasteiger partial charge is 0.434 e. The first-order chi connectivity index (χ1) is 12.9. The normalized spacial score (nSPS) is 20.7. The van der Waals surface area contributed by atoms with Crippen molar-refractivity contribution in [3.8, 4) is 0 Å². The Bertz CT molecular complexity index is 702. The van der Waals surface area contributed by atoms with Gasteiger partial charge in [0, 0.05) is 31.7 Å². The number of ether oxygens (including phenoxy) is 2. The Balaban J connectivity index is 2.08. The first-order valence-corrected chi connectivity index (χ1v) is 8.77. The van der Waals surface area contributed by atoms with Gasteiger partial charge in [0.05, 0.1) is 6.54 Å². The average Bonchev–Trinajstić information content (AvgIpc) is 3.28. The molecule has 1 aliphatic heterocycles. The summed E-state index contributed by atoms with van der Waals surface area (Å²) in [6.07, 6.45) is 7.74. The fourth-order valence-electron chi connectivity index (χ4n) is 2.83. The van der Waals surface area contributed by atoms with Crippen molar-refractivity contribution in [3.05, 3.63) is 34.7 Å². The summed E-state index contributed by atoms with van der Waals surface area (Å²) in [5, 5.41) is 11.0. The van der Waals surface area contributed by atoms with Crippen molar-refractivity contribution in [1.82, 2.24) is 9.55 Å². The maximum atomic E-state index is 12.2. The van der Waals surface area contributed by atoms with Gasteiger partial charge < -0.3 is 25.3 Å². The number of carbonyl (C=O) groups excluding carboxylic acids is 1. The van der Waals surface area contributed by atoms with E-state index in [2.05, 4.69) is 9.98 Å². The minimum atomic E-state index is -1.03. The molecule has 10 heteroatoms. The molecule has 2 rings (SSSR count). The third kappa shape index (κ3) is 5.52. The lowest BCUT2D eigenvalue weighted by Gasteiger charge is -2.31. The molecule has 0 bridgehead atoms. The fourth-order valence-corrected chi connectivity index (χ4v) is 2.83. The first kappa shape index (κ1) is 20.9. The van der Waals surface area contributed by atoms with E-state index in [1.165, 1.54) is 17.0 Å². The molecule has 1 aliphatic rings. The molecule has 10 nitrogen and oxygen atoms in total. The number of aliphatic imine (C=N–C) groups is 1. The monoisotopic (exact) mass is 379 g/mol. The molecule has 0 saturated carbocycles. The van der Waals surface area contributed by atoms with E-state index in [1.807, 2.05) is 6.92 Å². The van der Waals surface area contributed by atoms with E-state index in [-0.39, 0.29) is 37.3 Å². The van der Waals surface area contributed by atoms with Crippen LogP contribution in [-0.2, 0) is 20.8 Å². The lowest BCUT2D eigenvalue weighted by Crippen LogP contribution is -2.40. The summed E-state index contributed by atoms with van der Waals surface area (Å²) in [4.78, 5) is 30.8. The van der Waals surface area contributed by atoms with E-state index in [0.717, 1.165) is 0 Å². The molecule has 3 atom stereocenters. The Labute approximate surface area is 157 Å². The van der Waals surface area contributed by atoms with Crippen molar-refractivity contribution >= 4 is 17.9 Å². The van der Waals surface area contributed by atoms with Crippen molar-refractivity contribution in [2.45, 2.75) is 38.6 Å². The van der Waals surface area contributed by atoms with Gasteiger partial charge in [-0.1, -0.05) is 11.9 Å². The number of ketones is 1. The van der Waals surface area contributed by atoms with E-state index < -0.39 is 16.8 Å². The molecular formula is C17H25N5O5. The molecule has 27 heavy (non-hydrogen) atoms. The zero-order chi connectivity index (χ0) is 19.9. The summed E-state index contributed by atoms with van der Waals surface area (Å²) in [5.41, 5.74) is 4.79. The highest BCUT2D eigenvalue weighted by atomic mass is 16.6. The second-order valence-electron chi connectivity index (χ2n) is 6.30. The second-order valence-corrected chi connectivity index (χ2v) is 6.30. The highest BCUT2D eigenvalue weighted by molar-refractivity contribution is 5.82. The van der Waals surface area contributed by atoms with Gasteiger partial charge >= 0.3 is 5.95 Å². The van der Waals surface area contributed by atoms with Crippen LogP contribution >= 0.6 is 0 Å². The summed E-state index contributed by atoms with van der Waals surface area (Å²) in [6.45, 7) is 4.42. The Morgan fingerprint density at radius 1 is 1.52 bits per heavy atom. The van der Waals surface area contributed by atoms with E-state index in [0.29, 0.717) is 13.0 Å². The van der Waals surface area contributed by atoms with Gasteiger partial charge in [-0.3, -0.25) is 9.79 Å². The van der Waals surface area contributed by atoms with Crippen LogP contribution in [0.2, 0.25) is 0 Å². The Kier molecular flexibility index (Phi) is 7.34. The summed E-state index contributed by atoms with van der Waals surface area (Å²) in [5.74, 6) is -0.654. The number of aromatic nitrogens is 2. The molecule has 2 N–H and O–H groups in total. The number of carbonyl (C=O) groups is 1. The lowest BCUT2D eigenvalue weighted by molar-refractivity contribution is -0.397. The third-order valence-electron chi connectivity index (χ3n) is 4.22. The molecular weight excluding hydrogens is 354 g/mol. The summed E-state index contributed by atoms with van der Waals surface area (Å²) >= 11 is 0. The van der Waals surface area contributed by atoms with E-state index >= 15 is 0 Å². The van der Waals surface area contributed by atoms with E-state index in [1.54, 1.807) is 25.3 Å². The zero-order valence-corrected chi connectivity index (χ0v) is 15.5. The highest BCUT2D eigenvalue weighted by Crippen LogP contribution is 2.30. The predicted molar refractivity (Wildman–Crippen MR) is 98.5 cm³/mol. The maximum Gasteiger partial charge on any atom is 0.434 e. The third-order valence-corrected chi connectivity index (χ3v) is 4.22. The Morgan fingerprint density at radius 3 is 2.89 bits per heavy atom. The van der Waals surface area contributed by atoms with Crippen LogP contribution in [0.3, 0.4) is 0 Å². The van der Waals surface area contributed by atoms with Gasteiger partial charge in [-0.2, -0.15) is 0 Å². The number of allylic oxidation sites excluding steroid dienone is 1. The molecule has 1 aromatic rings. The van der Waals surface area contributed by atoms with E-state index in [4.69, 9.17) is 15.2 Å². The molecule has 0 aromatic carbocycles. The molecule has 0 radical (unpaired) electrons. The van der Waals surface area contributed by atoms with Gasteiger partial charge in [0.25, 0.3) is 0 Å². The molecule has 0 aliphatic carbocycles. The topological polar surface area (TPSA) is 135 Å². The highest BCUT2D eigenvalue weighted by Gasteiger charge is 2.36. The molecule has 3 unspecified atom stereocenters. The number of imidazole rings is 1. The Morgan fingerprint density at radius 2 is 2.30 bits per heavy atom. The van der Waals surface area contributed by atoms with Crippen LogP contribution in [-0.4, -0.2) is 58.1 Å². The molecule has 0 saturated heterocycles. The van der Waals surface area contributed by atoms with Gasteiger partial charge in [-0.05, 0) is 24.0 Å². The molecule has 0 spiro atoms. The van der Waals surface area contributed by atoms with Crippen molar-refractivity contribution in [1.29, 1.82) is 0 Å². The van der Waals surface area contributed by atoms with Gasteiger partial charge in [0.1, 0.15) is 25.1 Å². The maximum absolute atomic E-state index is 12.2. The number of nitrogens with two attached hydrogens (primary N) is 1. The van der Waals surface area contributed by atoms with Crippen molar-refractivity contribution in [2.24, 2.45) is 16.6 Å². The van der Waals surface area contributed by atoms with Crippen LogP contribution in [0.25, 0.3) is 0 Å². The minimum Gasteiger partial charge on any atom is -0.390 e. The smallest absolute Gasteiger partial charge is 0.390 e. The average molecular weight is 379 g/mol. The minimum absolute atomic E-state index is 0.0372. The number of nitrogens with zero attached hydrogens (tertiary/aromatic N) is 4. The van der Waals surface area contributed by atoms with Crippen LogP contribution in [0, 0.1) is 16.0 Å². The molecule has 2 heterocycles.